The number of aliphatic hydroxyl groups excluding tert-OH is 1. The molecule has 29 heavy (non-hydrogen) atoms. The molecule has 0 aliphatic carbocycles. The van der Waals surface area contributed by atoms with Gasteiger partial charge in [0, 0.05) is 11.6 Å². The zero-order valence-corrected chi connectivity index (χ0v) is 18.8. The number of rotatable bonds is 7. The van der Waals surface area contributed by atoms with Crippen molar-refractivity contribution >= 4 is 43.1 Å². The third kappa shape index (κ3) is 4.97. The number of hydrogen-bond acceptors (Lipinski definition) is 10. The second kappa shape index (κ2) is 8.68. The number of esters is 1. The van der Waals surface area contributed by atoms with Crippen molar-refractivity contribution in [2.75, 3.05) is 6.54 Å². The Bertz CT molecular complexity index is 997. The lowest BCUT2D eigenvalue weighted by Gasteiger charge is -2.27. The van der Waals surface area contributed by atoms with Crippen LogP contribution in [0.2, 0.25) is 0 Å². The maximum atomic E-state index is 12.6. The number of fused-ring (bicyclic) bond motifs is 1. The fraction of sp³-hybridized carbons (Fsp3) is 0.625. The lowest BCUT2D eigenvalue weighted by atomic mass is 10.1. The molecule has 0 spiro atoms. The molecule has 164 valence electrons. The number of sulfone groups is 1. The molecule has 0 aromatic carbocycles. The largest absolute Gasteiger partial charge is 0.451 e. The van der Waals surface area contributed by atoms with Gasteiger partial charge in [-0.2, -0.15) is 0 Å². The summed E-state index contributed by atoms with van der Waals surface area (Å²) >= 11 is 0.577. The highest BCUT2D eigenvalue weighted by atomic mass is 32.3. The van der Waals surface area contributed by atoms with Crippen molar-refractivity contribution in [3.63, 3.8) is 0 Å². The van der Waals surface area contributed by atoms with E-state index < -0.39 is 49.2 Å². The average molecular weight is 469 g/mol. The van der Waals surface area contributed by atoms with Gasteiger partial charge in [-0.3, -0.25) is 4.79 Å². The van der Waals surface area contributed by atoms with Crippen LogP contribution in [0.3, 0.4) is 0 Å². The number of ether oxygens (including phenoxy) is 1. The molecule has 2 heterocycles. The lowest BCUT2D eigenvalue weighted by Crippen LogP contribution is -2.40. The Morgan fingerprint density at radius 1 is 1.38 bits per heavy atom. The van der Waals surface area contributed by atoms with Crippen molar-refractivity contribution in [3.05, 3.63) is 11.6 Å². The molecule has 0 radical (unpaired) electrons. The highest BCUT2D eigenvalue weighted by Crippen LogP contribution is 2.42. The van der Waals surface area contributed by atoms with Gasteiger partial charge in [-0.15, -0.1) is 11.3 Å². The van der Waals surface area contributed by atoms with E-state index >= 15 is 0 Å². The van der Waals surface area contributed by atoms with E-state index in [2.05, 4.69) is 10.1 Å². The zero-order valence-electron chi connectivity index (χ0n) is 16.3. The minimum absolute atomic E-state index is 0.0383. The Kier molecular flexibility index (Phi) is 7.10. The summed E-state index contributed by atoms with van der Waals surface area (Å²) < 4.78 is 56.6. The van der Waals surface area contributed by atoms with Crippen LogP contribution in [0, 0.1) is 0 Å². The summed E-state index contributed by atoms with van der Waals surface area (Å²) in [6.07, 6.45) is -2.64. The molecule has 0 fully saturated rings. The van der Waals surface area contributed by atoms with Crippen LogP contribution in [0.1, 0.15) is 45.7 Å². The van der Waals surface area contributed by atoms with Crippen LogP contribution in [0.5, 0.6) is 0 Å². The molecule has 0 saturated heterocycles. The number of carbonyl (C=O) groups is 2. The quantitative estimate of drug-likeness (QED) is 0.472. The van der Waals surface area contributed by atoms with Crippen LogP contribution in [0.15, 0.2) is 14.5 Å². The molecule has 2 unspecified atom stereocenters. The van der Waals surface area contributed by atoms with Crippen molar-refractivity contribution in [2.45, 2.75) is 66.0 Å². The van der Waals surface area contributed by atoms with Gasteiger partial charge >= 0.3 is 5.97 Å². The normalized spacial score (nSPS) is 22.9. The summed E-state index contributed by atoms with van der Waals surface area (Å²) in [5, 5.41) is 11.6. The first-order valence-electron chi connectivity index (χ1n) is 8.87. The van der Waals surface area contributed by atoms with Crippen molar-refractivity contribution in [1.82, 2.24) is 10.0 Å². The second-order valence-electron chi connectivity index (χ2n) is 6.73. The van der Waals surface area contributed by atoms with E-state index in [1.165, 1.54) is 6.07 Å². The van der Waals surface area contributed by atoms with Gasteiger partial charge in [-0.05, 0) is 39.8 Å². The van der Waals surface area contributed by atoms with Crippen molar-refractivity contribution in [1.29, 1.82) is 0 Å². The summed E-state index contributed by atoms with van der Waals surface area (Å²) in [6.45, 7) is 6.28. The van der Waals surface area contributed by atoms with E-state index in [-0.39, 0.29) is 14.5 Å². The molecular formula is C16H24N2O8S3. The molecule has 1 aliphatic rings. The van der Waals surface area contributed by atoms with Gasteiger partial charge < -0.3 is 15.2 Å². The lowest BCUT2D eigenvalue weighted by molar-refractivity contribution is -0.161. The molecule has 13 heteroatoms. The Hall–Kier alpha value is -1.54. The Labute approximate surface area is 173 Å². The molecule has 0 bridgehead atoms. The molecule has 1 aromatic heterocycles. The first kappa shape index (κ1) is 23.7. The van der Waals surface area contributed by atoms with Gasteiger partial charge in [-0.1, -0.05) is 6.92 Å². The molecule has 4 atom stereocenters. The van der Waals surface area contributed by atoms with Crippen LogP contribution in [-0.2, 0) is 34.2 Å². The standard InChI is InChI=1S/C16H24N2O8S3/c1-5-17-12-6-8(2)28(22,23)16-11(12)7-13(27-16)29(24,25)18-14(20)10(4)26-15(21)9(3)19/h7-10,12,17,19H,5-6H2,1-4H3,(H,18,20)/t8-,9?,10?,12-/m0/s1. The third-order valence-corrected chi connectivity index (χ3v) is 10.1. The highest BCUT2D eigenvalue weighted by molar-refractivity contribution is 7.95. The predicted octanol–water partition coefficient (Wildman–Crippen LogP) is 0.0820. The number of sulfonamides is 1. The van der Waals surface area contributed by atoms with Gasteiger partial charge in [0.25, 0.3) is 15.9 Å². The van der Waals surface area contributed by atoms with Crippen LogP contribution in [-0.4, -0.2) is 57.8 Å². The second-order valence-corrected chi connectivity index (χ2v) is 12.3. The minimum Gasteiger partial charge on any atom is -0.451 e. The van der Waals surface area contributed by atoms with Gasteiger partial charge in [-0.25, -0.2) is 26.4 Å². The Morgan fingerprint density at radius 3 is 2.55 bits per heavy atom. The van der Waals surface area contributed by atoms with Crippen LogP contribution in [0.4, 0.5) is 0 Å². The van der Waals surface area contributed by atoms with Gasteiger partial charge in [0.1, 0.15) is 14.5 Å². The van der Waals surface area contributed by atoms with Crippen LogP contribution in [0.25, 0.3) is 0 Å². The zero-order chi connectivity index (χ0) is 22.1. The van der Waals surface area contributed by atoms with E-state index in [1.54, 1.807) is 11.6 Å². The van der Waals surface area contributed by atoms with Gasteiger partial charge in [0.2, 0.25) is 0 Å². The monoisotopic (exact) mass is 468 g/mol. The number of aliphatic hydroxyl groups is 1. The van der Waals surface area contributed by atoms with Crippen molar-refractivity contribution < 1.29 is 36.3 Å². The number of carbonyl (C=O) groups excluding carboxylic acids is 2. The summed E-state index contributed by atoms with van der Waals surface area (Å²) in [6, 6.07) is 0.925. The van der Waals surface area contributed by atoms with Gasteiger partial charge in [0.15, 0.2) is 15.9 Å². The molecule has 1 aromatic rings. The van der Waals surface area contributed by atoms with E-state index in [0.29, 0.717) is 29.9 Å². The molecule has 3 N–H and O–H groups in total. The summed E-state index contributed by atoms with van der Waals surface area (Å²) in [4.78, 5) is 23.5. The highest BCUT2D eigenvalue weighted by Gasteiger charge is 2.40. The molecule has 1 amide bonds. The molecule has 1 aliphatic heterocycles. The topological polar surface area (TPSA) is 156 Å². The fourth-order valence-corrected chi connectivity index (χ4v) is 7.80. The number of nitrogens with one attached hydrogen (secondary N) is 2. The summed E-state index contributed by atoms with van der Waals surface area (Å²) in [5.41, 5.74) is 0.358. The maximum absolute atomic E-state index is 12.6. The van der Waals surface area contributed by atoms with E-state index in [4.69, 9.17) is 5.11 Å². The van der Waals surface area contributed by atoms with E-state index in [1.807, 2.05) is 6.92 Å². The number of amides is 1. The van der Waals surface area contributed by atoms with E-state index in [9.17, 15) is 26.4 Å². The van der Waals surface area contributed by atoms with Gasteiger partial charge in [0.05, 0.1) is 5.25 Å². The molecule has 0 saturated carbocycles. The minimum atomic E-state index is -4.39. The summed E-state index contributed by atoms with van der Waals surface area (Å²) in [5.74, 6) is -2.20. The van der Waals surface area contributed by atoms with Crippen LogP contribution < -0.4 is 10.0 Å². The summed E-state index contributed by atoms with van der Waals surface area (Å²) in [7, 11) is -8.07. The van der Waals surface area contributed by atoms with Crippen molar-refractivity contribution in [3.8, 4) is 0 Å². The first-order chi connectivity index (χ1) is 13.3. The Morgan fingerprint density at radius 2 is 2.00 bits per heavy atom. The molecule has 2 rings (SSSR count). The van der Waals surface area contributed by atoms with Crippen LogP contribution >= 0.6 is 11.3 Å². The Balaban J connectivity index is 2.32. The molecular weight excluding hydrogens is 444 g/mol. The third-order valence-electron chi connectivity index (χ3n) is 4.39. The van der Waals surface area contributed by atoms with Crippen molar-refractivity contribution in [2.24, 2.45) is 0 Å². The molecule has 10 nitrogen and oxygen atoms in total. The number of thiophene rings is 1. The van der Waals surface area contributed by atoms with E-state index in [0.717, 1.165) is 13.8 Å². The predicted molar refractivity (Wildman–Crippen MR) is 105 cm³/mol. The SMILES string of the molecule is CCN[C@H]1C[C@H](C)S(=O)(=O)c2sc(S(=O)(=O)NC(=O)C(C)OC(=O)C(C)O)cc21. The smallest absolute Gasteiger partial charge is 0.335 e. The maximum Gasteiger partial charge on any atom is 0.335 e. The fourth-order valence-electron chi connectivity index (χ4n) is 2.76. The average Bonchev–Trinajstić information content (AvgIpc) is 3.07. The first-order valence-corrected chi connectivity index (χ1v) is 12.7. The number of hydrogen-bond donors (Lipinski definition) is 3.